The Morgan fingerprint density at radius 3 is 2.32 bits per heavy atom. The van der Waals surface area contributed by atoms with Crippen LogP contribution in [0.2, 0.25) is 0 Å². The Morgan fingerprint density at radius 2 is 1.74 bits per heavy atom. The monoisotopic (exact) mass is 252 g/mol. The number of carbonyl (C=O) groups is 1. The molecule has 0 amide bonds. The molecule has 0 spiro atoms. The first-order valence-electron chi connectivity index (χ1n) is 6.12. The normalized spacial score (nSPS) is 10.0. The highest BCUT2D eigenvalue weighted by atomic mass is 16.5. The van der Waals surface area contributed by atoms with Gasteiger partial charge in [0.15, 0.2) is 0 Å². The number of hydrogen-bond donors (Lipinski definition) is 0. The standard InChI is InChI=1S/C17H16O2/c1-4-14-6-8-15(9-7-14)17(18)19-16-10-5-12(2)13(3)11-16/h4-11H,1H2,2-3H3. The Hall–Kier alpha value is -2.35. The SMILES string of the molecule is C=Cc1ccc(C(=O)Oc2ccc(C)c(C)c2)cc1. The molecule has 0 aromatic heterocycles. The maximum atomic E-state index is 12.0. The largest absolute Gasteiger partial charge is 0.423 e. The molecule has 2 aromatic carbocycles. The summed E-state index contributed by atoms with van der Waals surface area (Å²) < 4.78 is 5.34. The highest BCUT2D eigenvalue weighted by Gasteiger charge is 2.08. The van der Waals surface area contributed by atoms with Gasteiger partial charge in [-0.2, -0.15) is 0 Å². The van der Waals surface area contributed by atoms with Crippen LogP contribution < -0.4 is 4.74 Å². The van der Waals surface area contributed by atoms with Gasteiger partial charge in [-0.15, -0.1) is 0 Å². The zero-order valence-corrected chi connectivity index (χ0v) is 11.1. The summed E-state index contributed by atoms with van der Waals surface area (Å²) in [6.45, 7) is 7.69. The third-order valence-corrected chi connectivity index (χ3v) is 3.07. The van der Waals surface area contributed by atoms with E-state index in [4.69, 9.17) is 4.74 Å². The lowest BCUT2D eigenvalue weighted by atomic mass is 10.1. The lowest BCUT2D eigenvalue weighted by molar-refractivity contribution is 0.0734. The number of carbonyl (C=O) groups excluding carboxylic acids is 1. The van der Waals surface area contributed by atoms with E-state index in [1.54, 1.807) is 24.3 Å². The molecule has 0 bridgehead atoms. The average Bonchev–Trinajstić information content (AvgIpc) is 2.43. The molecule has 0 saturated heterocycles. The highest BCUT2D eigenvalue weighted by Crippen LogP contribution is 2.18. The molecule has 0 atom stereocenters. The van der Waals surface area contributed by atoms with Gasteiger partial charge in [0.05, 0.1) is 5.56 Å². The quantitative estimate of drug-likeness (QED) is 0.605. The van der Waals surface area contributed by atoms with Gasteiger partial charge in [-0.05, 0) is 54.8 Å². The predicted octanol–water partition coefficient (Wildman–Crippen LogP) is 4.17. The Kier molecular flexibility index (Phi) is 3.81. The molecule has 0 aliphatic rings. The van der Waals surface area contributed by atoms with Crippen LogP contribution in [0.5, 0.6) is 5.75 Å². The van der Waals surface area contributed by atoms with E-state index in [0.717, 1.165) is 11.1 Å². The third-order valence-electron chi connectivity index (χ3n) is 3.07. The molecule has 0 aliphatic heterocycles. The number of esters is 1. The van der Waals surface area contributed by atoms with E-state index in [0.29, 0.717) is 11.3 Å². The van der Waals surface area contributed by atoms with Gasteiger partial charge in [0.1, 0.15) is 5.75 Å². The molecule has 0 saturated carbocycles. The fourth-order valence-electron chi connectivity index (χ4n) is 1.70. The minimum Gasteiger partial charge on any atom is -0.423 e. The second kappa shape index (κ2) is 5.53. The van der Waals surface area contributed by atoms with E-state index in [1.807, 2.05) is 38.1 Å². The maximum Gasteiger partial charge on any atom is 0.343 e. The Balaban J connectivity index is 2.15. The summed E-state index contributed by atoms with van der Waals surface area (Å²) >= 11 is 0. The van der Waals surface area contributed by atoms with Gasteiger partial charge in [0.25, 0.3) is 0 Å². The zero-order chi connectivity index (χ0) is 13.8. The summed E-state index contributed by atoms with van der Waals surface area (Å²) in [5.41, 5.74) is 3.79. The fraction of sp³-hybridized carbons (Fsp3) is 0.118. The Labute approximate surface area is 113 Å². The summed E-state index contributed by atoms with van der Waals surface area (Å²) in [7, 11) is 0. The molecule has 0 heterocycles. The third kappa shape index (κ3) is 3.10. The number of benzene rings is 2. The molecular formula is C17H16O2. The van der Waals surface area contributed by atoms with Crippen molar-refractivity contribution in [3.63, 3.8) is 0 Å². The molecule has 0 aliphatic carbocycles. The molecule has 2 rings (SSSR count). The molecule has 0 N–H and O–H groups in total. The molecule has 0 radical (unpaired) electrons. The minimum absolute atomic E-state index is 0.348. The van der Waals surface area contributed by atoms with Crippen molar-refractivity contribution in [1.29, 1.82) is 0 Å². The van der Waals surface area contributed by atoms with Gasteiger partial charge < -0.3 is 4.74 Å². The van der Waals surface area contributed by atoms with Crippen LogP contribution in [0, 0.1) is 13.8 Å². The van der Waals surface area contributed by atoms with E-state index in [9.17, 15) is 4.79 Å². The lowest BCUT2D eigenvalue weighted by Crippen LogP contribution is -2.08. The van der Waals surface area contributed by atoms with Crippen LogP contribution in [-0.4, -0.2) is 5.97 Å². The smallest absolute Gasteiger partial charge is 0.343 e. The molecule has 0 fully saturated rings. The van der Waals surface area contributed by atoms with Gasteiger partial charge >= 0.3 is 5.97 Å². The van der Waals surface area contributed by atoms with E-state index in [1.165, 1.54) is 5.56 Å². The second-order valence-electron chi connectivity index (χ2n) is 4.46. The molecule has 2 nitrogen and oxygen atoms in total. The molecule has 0 unspecified atom stereocenters. The van der Waals surface area contributed by atoms with Gasteiger partial charge in [0.2, 0.25) is 0 Å². The van der Waals surface area contributed by atoms with E-state index < -0.39 is 0 Å². The average molecular weight is 252 g/mol. The van der Waals surface area contributed by atoms with Crippen molar-refractivity contribution in [1.82, 2.24) is 0 Å². The van der Waals surface area contributed by atoms with Crippen molar-refractivity contribution >= 4 is 12.0 Å². The Bertz CT molecular complexity index is 610. The van der Waals surface area contributed by atoms with Crippen LogP contribution >= 0.6 is 0 Å². The topological polar surface area (TPSA) is 26.3 Å². The number of hydrogen-bond acceptors (Lipinski definition) is 2. The van der Waals surface area contributed by atoms with Crippen LogP contribution in [-0.2, 0) is 0 Å². The van der Waals surface area contributed by atoms with Crippen molar-refractivity contribution < 1.29 is 9.53 Å². The van der Waals surface area contributed by atoms with Crippen molar-refractivity contribution in [3.8, 4) is 5.75 Å². The van der Waals surface area contributed by atoms with Crippen molar-refractivity contribution in [2.75, 3.05) is 0 Å². The van der Waals surface area contributed by atoms with E-state index >= 15 is 0 Å². The van der Waals surface area contributed by atoms with E-state index in [2.05, 4.69) is 6.58 Å². The first kappa shape index (κ1) is 13.1. The first-order chi connectivity index (χ1) is 9.10. The van der Waals surface area contributed by atoms with Crippen molar-refractivity contribution in [2.45, 2.75) is 13.8 Å². The molecule has 96 valence electrons. The maximum absolute atomic E-state index is 12.0. The number of rotatable bonds is 3. The van der Waals surface area contributed by atoms with Gasteiger partial charge in [-0.1, -0.05) is 30.9 Å². The predicted molar refractivity (Wildman–Crippen MR) is 77.4 cm³/mol. The van der Waals surface area contributed by atoms with Crippen LogP contribution in [0.1, 0.15) is 27.0 Å². The second-order valence-corrected chi connectivity index (χ2v) is 4.46. The summed E-state index contributed by atoms with van der Waals surface area (Å²) in [5, 5.41) is 0. The lowest BCUT2D eigenvalue weighted by Gasteiger charge is -2.07. The van der Waals surface area contributed by atoms with Gasteiger partial charge in [-0.25, -0.2) is 4.79 Å². The van der Waals surface area contributed by atoms with E-state index in [-0.39, 0.29) is 5.97 Å². The van der Waals surface area contributed by atoms with Crippen LogP contribution in [0.4, 0.5) is 0 Å². The summed E-state index contributed by atoms with van der Waals surface area (Å²) in [4.78, 5) is 12.0. The highest BCUT2D eigenvalue weighted by molar-refractivity contribution is 5.91. The molecule has 2 heteroatoms. The molecular weight excluding hydrogens is 236 g/mol. The van der Waals surface area contributed by atoms with Gasteiger partial charge in [-0.3, -0.25) is 0 Å². The van der Waals surface area contributed by atoms with Crippen LogP contribution in [0.25, 0.3) is 6.08 Å². The summed E-state index contributed by atoms with van der Waals surface area (Å²) in [6.07, 6.45) is 1.73. The Morgan fingerprint density at radius 1 is 1.05 bits per heavy atom. The summed E-state index contributed by atoms with van der Waals surface area (Å²) in [6, 6.07) is 12.8. The van der Waals surface area contributed by atoms with Crippen molar-refractivity contribution in [2.24, 2.45) is 0 Å². The molecule has 19 heavy (non-hydrogen) atoms. The fourth-order valence-corrected chi connectivity index (χ4v) is 1.70. The summed E-state index contributed by atoms with van der Waals surface area (Å²) in [5.74, 6) is 0.222. The first-order valence-corrected chi connectivity index (χ1v) is 6.12. The van der Waals surface area contributed by atoms with Gasteiger partial charge in [0, 0.05) is 0 Å². The minimum atomic E-state index is -0.348. The van der Waals surface area contributed by atoms with Crippen LogP contribution in [0.3, 0.4) is 0 Å². The molecule has 2 aromatic rings. The van der Waals surface area contributed by atoms with Crippen LogP contribution in [0.15, 0.2) is 49.0 Å². The van der Waals surface area contributed by atoms with Crippen molar-refractivity contribution in [3.05, 3.63) is 71.3 Å². The number of aryl methyl sites for hydroxylation is 2. The number of ether oxygens (including phenoxy) is 1. The zero-order valence-electron chi connectivity index (χ0n) is 11.1.